The first kappa shape index (κ1) is 17.6. The average Bonchev–Trinajstić information content (AvgIpc) is 3.16. The number of benzene rings is 1. The van der Waals surface area contributed by atoms with Gasteiger partial charge in [0.1, 0.15) is 5.75 Å². The molecule has 0 amide bonds. The van der Waals surface area contributed by atoms with Crippen LogP contribution in [0.25, 0.3) is 11.1 Å². The quantitative estimate of drug-likeness (QED) is 0.696. The van der Waals surface area contributed by atoms with Gasteiger partial charge in [-0.25, -0.2) is 4.68 Å². The van der Waals surface area contributed by atoms with Crippen molar-refractivity contribution in [1.82, 2.24) is 20.0 Å². The van der Waals surface area contributed by atoms with Crippen molar-refractivity contribution in [2.24, 2.45) is 0 Å². The number of halogens is 2. The van der Waals surface area contributed by atoms with Crippen molar-refractivity contribution in [3.05, 3.63) is 48.4 Å². The fourth-order valence-corrected chi connectivity index (χ4v) is 2.43. The van der Waals surface area contributed by atoms with Crippen molar-refractivity contribution in [2.45, 2.75) is 13.1 Å². The second-order valence-corrected chi connectivity index (χ2v) is 5.32. The van der Waals surface area contributed by atoms with Gasteiger partial charge in [0.15, 0.2) is 11.6 Å². The lowest BCUT2D eigenvalue weighted by Crippen LogP contribution is -2.05. The van der Waals surface area contributed by atoms with Gasteiger partial charge in [-0.1, -0.05) is 12.1 Å². The fourth-order valence-electron chi connectivity index (χ4n) is 2.43. The van der Waals surface area contributed by atoms with E-state index in [4.69, 9.17) is 9.47 Å². The van der Waals surface area contributed by atoms with Crippen LogP contribution in [0.1, 0.15) is 12.1 Å². The number of methoxy groups -OCH3 is 2. The van der Waals surface area contributed by atoms with E-state index in [0.717, 1.165) is 11.3 Å². The lowest BCUT2D eigenvalue weighted by molar-refractivity contribution is 0.0566. The lowest BCUT2D eigenvalue weighted by Gasteiger charge is -2.12. The molecule has 0 aliphatic carbocycles. The highest BCUT2D eigenvalue weighted by Crippen LogP contribution is 2.35. The molecular formula is C17H17F2N5O2. The van der Waals surface area contributed by atoms with Crippen LogP contribution in [-0.2, 0) is 6.54 Å². The summed E-state index contributed by atoms with van der Waals surface area (Å²) >= 11 is 0. The SMILES string of the molecule is COc1ccc(CNc2nncc(OC)c2-c2cnn(C(F)F)c2)cc1. The number of nitrogens with one attached hydrogen (secondary N) is 1. The molecule has 3 aromatic rings. The Labute approximate surface area is 148 Å². The molecule has 0 saturated heterocycles. The normalized spacial score (nSPS) is 10.8. The van der Waals surface area contributed by atoms with Gasteiger partial charge in [0.2, 0.25) is 0 Å². The summed E-state index contributed by atoms with van der Waals surface area (Å²) in [5, 5.41) is 14.8. The van der Waals surface area contributed by atoms with Crippen LogP contribution in [0, 0.1) is 0 Å². The van der Waals surface area contributed by atoms with E-state index < -0.39 is 6.55 Å². The smallest absolute Gasteiger partial charge is 0.333 e. The number of hydrogen-bond donors (Lipinski definition) is 1. The van der Waals surface area contributed by atoms with E-state index in [1.165, 1.54) is 25.7 Å². The van der Waals surface area contributed by atoms with Gasteiger partial charge in [0.05, 0.1) is 32.2 Å². The molecule has 0 spiro atoms. The summed E-state index contributed by atoms with van der Waals surface area (Å²) in [5.74, 6) is 1.58. The number of aromatic nitrogens is 4. The second kappa shape index (κ2) is 7.77. The number of anilines is 1. The number of hydrogen-bond acceptors (Lipinski definition) is 6. The van der Waals surface area contributed by atoms with Crippen molar-refractivity contribution < 1.29 is 18.3 Å². The summed E-state index contributed by atoms with van der Waals surface area (Å²) in [6, 6.07) is 7.52. The molecule has 0 radical (unpaired) electrons. The molecule has 0 fully saturated rings. The zero-order valence-corrected chi connectivity index (χ0v) is 14.2. The highest BCUT2D eigenvalue weighted by Gasteiger charge is 2.17. The van der Waals surface area contributed by atoms with Gasteiger partial charge >= 0.3 is 6.55 Å². The van der Waals surface area contributed by atoms with Gasteiger partial charge < -0.3 is 14.8 Å². The maximum absolute atomic E-state index is 12.8. The topological polar surface area (TPSA) is 74.1 Å². The molecule has 0 aliphatic rings. The highest BCUT2D eigenvalue weighted by molar-refractivity contribution is 5.79. The van der Waals surface area contributed by atoms with Crippen LogP contribution >= 0.6 is 0 Å². The van der Waals surface area contributed by atoms with Crippen LogP contribution in [0.5, 0.6) is 11.5 Å². The molecule has 1 aromatic carbocycles. The Kier molecular flexibility index (Phi) is 5.26. The molecule has 136 valence electrons. The Bertz CT molecular complexity index is 868. The minimum absolute atomic E-state index is 0.408. The molecule has 1 N–H and O–H groups in total. The van der Waals surface area contributed by atoms with Gasteiger partial charge in [0.25, 0.3) is 0 Å². The minimum Gasteiger partial charge on any atom is -0.497 e. The molecule has 9 heteroatoms. The molecule has 2 heterocycles. The first-order valence-corrected chi connectivity index (χ1v) is 7.71. The standard InChI is InChI=1S/C17H17F2N5O2/c1-25-13-5-3-11(4-6-13)7-20-16-15(14(26-2)9-21-23-16)12-8-22-24(10-12)17(18)19/h3-6,8-10,17H,7H2,1-2H3,(H,20,23). The molecule has 7 nitrogen and oxygen atoms in total. The van der Waals surface area contributed by atoms with Crippen LogP contribution in [0.3, 0.4) is 0 Å². The van der Waals surface area contributed by atoms with Gasteiger partial charge in [-0.2, -0.15) is 19.0 Å². The van der Waals surface area contributed by atoms with Crippen molar-refractivity contribution in [1.29, 1.82) is 0 Å². The van der Waals surface area contributed by atoms with E-state index >= 15 is 0 Å². The van der Waals surface area contributed by atoms with Gasteiger partial charge in [-0.05, 0) is 17.7 Å². The first-order valence-electron chi connectivity index (χ1n) is 7.71. The van der Waals surface area contributed by atoms with Crippen molar-refractivity contribution in [3.63, 3.8) is 0 Å². The zero-order chi connectivity index (χ0) is 18.5. The molecule has 3 rings (SSSR count). The summed E-state index contributed by atoms with van der Waals surface area (Å²) < 4.78 is 36.7. The van der Waals surface area contributed by atoms with Crippen LogP contribution < -0.4 is 14.8 Å². The summed E-state index contributed by atoms with van der Waals surface area (Å²) in [7, 11) is 3.08. The maximum atomic E-state index is 12.8. The molecular weight excluding hydrogens is 344 g/mol. The van der Waals surface area contributed by atoms with Crippen LogP contribution in [0.4, 0.5) is 14.6 Å². The largest absolute Gasteiger partial charge is 0.497 e. The van der Waals surface area contributed by atoms with E-state index in [9.17, 15) is 8.78 Å². The van der Waals surface area contributed by atoms with Crippen molar-refractivity contribution in [3.8, 4) is 22.6 Å². The minimum atomic E-state index is -2.72. The number of rotatable bonds is 7. The number of nitrogens with zero attached hydrogens (tertiary/aromatic N) is 4. The van der Waals surface area contributed by atoms with Crippen LogP contribution in [-0.4, -0.2) is 34.2 Å². The molecule has 0 bridgehead atoms. The Balaban J connectivity index is 1.88. The molecule has 2 aromatic heterocycles. The van der Waals surface area contributed by atoms with E-state index in [2.05, 4.69) is 20.6 Å². The van der Waals surface area contributed by atoms with Gasteiger partial charge in [-0.3, -0.25) is 0 Å². The third-order valence-electron chi connectivity index (χ3n) is 3.75. The Hall–Kier alpha value is -3.23. The van der Waals surface area contributed by atoms with Crippen molar-refractivity contribution >= 4 is 5.82 Å². The summed E-state index contributed by atoms with van der Waals surface area (Å²) in [4.78, 5) is 0. The zero-order valence-electron chi connectivity index (χ0n) is 14.2. The predicted molar refractivity (Wildman–Crippen MR) is 91.4 cm³/mol. The molecule has 0 unspecified atom stereocenters. The van der Waals surface area contributed by atoms with Crippen LogP contribution in [0.15, 0.2) is 42.9 Å². The van der Waals surface area contributed by atoms with Gasteiger partial charge in [-0.15, -0.1) is 5.10 Å². The van der Waals surface area contributed by atoms with E-state index in [-0.39, 0.29) is 0 Å². The number of alkyl halides is 2. The van der Waals surface area contributed by atoms with E-state index in [0.29, 0.717) is 33.9 Å². The monoisotopic (exact) mass is 361 g/mol. The summed E-state index contributed by atoms with van der Waals surface area (Å²) in [6.45, 7) is -2.26. The highest BCUT2D eigenvalue weighted by atomic mass is 19.3. The Morgan fingerprint density at radius 1 is 1.12 bits per heavy atom. The first-order chi connectivity index (χ1) is 12.6. The molecule has 26 heavy (non-hydrogen) atoms. The van der Waals surface area contributed by atoms with E-state index in [1.807, 2.05) is 24.3 Å². The Morgan fingerprint density at radius 2 is 1.88 bits per heavy atom. The Morgan fingerprint density at radius 3 is 2.50 bits per heavy atom. The average molecular weight is 361 g/mol. The lowest BCUT2D eigenvalue weighted by atomic mass is 10.1. The molecule has 0 saturated carbocycles. The predicted octanol–water partition coefficient (Wildman–Crippen LogP) is 3.36. The fraction of sp³-hybridized carbons (Fsp3) is 0.235. The maximum Gasteiger partial charge on any atom is 0.333 e. The second-order valence-electron chi connectivity index (χ2n) is 5.32. The molecule has 0 atom stereocenters. The van der Waals surface area contributed by atoms with Gasteiger partial charge in [0, 0.05) is 18.3 Å². The van der Waals surface area contributed by atoms with Crippen molar-refractivity contribution in [2.75, 3.05) is 19.5 Å². The van der Waals surface area contributed by atoms with Crippen LogP contribution in [0.2, 0.25) is 0 Å². The number of ether oxygens (including phenoxy) is 2. The summed E-state index contributed by atoms with van der Waals surface area (Å²) in [5.41, 5.74) is 1.96. The summed E-state index contributed by atoms with van der Waals surface area (Å²) in [6.07, 6.45) is 4.00. The van der Waals surface area contributed by atoms with E-state index in [1.54, 1.807) is 7.11 Å². The molecule has 0 aliphatic heterocycles. The third-order valence-corrected chi connectivity index (χ3v) is 3.75. The third kappa shape index (κ3) is 3.71.